The average Bonchev–Trinajstić information content (AvgIpc) is 2.49. The third kappa shape index (κ3) is 5.99. The molecule has 0 saturated carbocycles. The fourth-order valence-electron chi connectivity index (χ4n) is 1.71. The van der Waals surface area contributed by atoms with Gasteiger partial charge < -0.3 is 19.8 Å². The smallest absolute Gasteiger partial charge is 0.373 e. The average molecular weight is 293 g/mol. The summed E-state index contributed by atoms with van der Waals surface area (Å²) in [5, 5.41) is 18.1. The second-order valence-corrected chi connectivity index (χ2v) is 4.31. The van der Waals surface area contributed by atoms with E-state index in [0.717, 1.165) is 5.69 Å². The molecule has 1 aromatic carbocycles. The third-order valence-corrected chi connectivity index (χ3v) is 2.74. The zero-order chi connectivity index (χ0) is 15.7. The van der Waals surface area contributed by atoms with Crippen molar-refractivity contribution in [3.63, 3.8) is 0 Å². The Morgan fingerprint density at radius 1 is 1.24 bits per heavy atom. The van der Waals surface area contributed by atoms with E-state index >= 15 is 0 Å². The van der Waals surface area contributed by atoms with Crippen molar-refractivity contribution in [1.29, 1.82) is 0 Å². The van der Waals surface area contributed by atoms with Gasteiger partial charge in [0.25, 0.3) is 0 Å². The van der Waals surface area contributed by atoms with Gasteiger partial charge in [-0.05, 0) is 31.6 Å². The fraction of sp³-hybridized carbons (Fsp3) is 0.333. The van der Waals surface area contributed by atoms with E-state index in [0.29, 0.717) is 13.0 Å². The molecule has 0 atom stereocenters. The van der Waals surface area contributed by atoms with E-state index in [1.807, 2.05) is 30.3 Å². The summed E-state index contributed by atoms with van der Waals surface area (Å²) in [7, 11) is 0. The first kappa shape index (κ1) is 16.6. The minimum atomic E-state index is -0.928. The first-order chi connectivity index (χ1) is 10.0. The molecule has 114 valence electrons. The van der Waals surface area contributed by atoms with Crippen LogP contribution in [0.4, 0.5) is 5.69 Å². The summed E-state index contributed by atoms with van der Waals surface area (Å²) >= 11 is 0. The summed E-state index contributed by atoms with van der Waals surface area (Å²) in [6.07, 6.45) is 1.72. The van der Waals surface area contributed by atoms with E-state index in [2.05, 4.69) is 0 Å². The standard InChI is InChI=1S/C15H19NO5/c1-2-13(17)15(20)21-10-6-9-16(11-14(18)19)12-7-4-3-5-8-12/h2-5,7-8,17H,6,9-11H2,1H3,(H,18,19). The summed E-state index contributed by atoms with van der Waals surface area (Å²) in [5.74, 6) is -2.13. The van der Waals surface area contributed by atoms with Gasteiger partial charge in [0.2, 0.25) is 0 Å². The lowest BCUT2D eigenvalue weighted by atomic mass is 10.2. The highest BCUT2D eigenvalue weighted by Gasteiger charge is 2.11. The zero-order valence-electron chi connectivity index (χ0n) is 11.9. The van der Waals surface area contributed by atoms with Crippen molar-refractivity contribution in [2.45, 2.75) is 13.3 Å². The lowest BCUT2D eigenvalue weighted by Crippen LogP contribution is -2.31. The molecule has 2 N–H and O–H groups in total. The molecule has 0 aliphatic heterocycles. The summed E-state index contributed by atoms with van der Waals surface area (Å²) in [4.78, 5) is 23.8. The Hall–Kier alpha value is -2.50. The number of carbonyl (C=O) groups excluding carboxylic acids is 1. The summed E-state index contributed by atoms with van der Waals surface area (Å²) in [6, 6.07) is 9.15. The van der Waals surface area contributed by atoms with Crippen LogP contribution in [-0.4, -0.2) is 41.8 Å². The van der Waals surface area contributed by atoms with Gasteiger partial charge in [0.1, 0.15) is 6.54 Å². The Kier molecular flexibility index (Phi) is 6.80. The highest BCUT2D eigenvalue weighted by atomic mass is 16.5. The molecular formula is C15H19NO5. The monoisotopic (exact) mass is 293 g/mol. The lowest BCUT2D eigenvalue weighted by Gasteiger charge is -2.22. The Morgan fingerprint density at radius 3 is 2.48 bits per heavy atom. The van der Waals surface area contributed by atoms with E-state index in [4.69, 9.17) is 14.9 Å². The number of hydrogen-bond donors (Lipinski definition) is 2. The first-order valence-electron chi connectivity index (χ1n) is 6.58. The largest absolute Gasteiger partial charge is 0.502 e. The molecule has 0 radical (unpaired) electrons. The van der Waals surface area contributed by atoms with E-state index in [9.17, 15) is 9.59 Å². The van der Waals surface area contributed by atoms with Crippen molar-refractivity contribution in [3.05, 3.63) is 42.2 Å². The third-order valence-electron chi connectivity index (χ3n) is 2.74. The maximum atomic E-state index is 11.2. The molecule has 0 unspecified atom stereocenters. The maximum absolute atomic E-state index is 11.2. The molecule has 0 saturated heterocycles. The van der Waals surface area contributed by atoms with Gasteiger partial charge in [-0.2, -0.15) is 0 Å². The number of hydrogen-bond acceptors (Lipinski definition) is 5. The van der Waals surface area contributed by atoms with Crippen LogP contribution in [-0.2, 0) is 14.3 Å². The van der Waals surface area contributed by atoms with Gasteiger partial charge in [-0.15, -0.1) is 0 Å². The molecule has 1 aromatic rings. The number of carboxylic acids is 1. The van der Waals surface area contributed by atoms with Gasteiger partial charge in [-0.1, -0.05) is 18.2 Å². The maximum Gasteiger partial charge on any atom is 0.373 e. The van der Waals surface area contributed by atoms with Gasteiger partial charge >= 0.3 is 11.9 Å². The van der Waals surface area contributed by atoms with Crippen LogP contribution >= 0.6 is 0 Å². The van der Waals surface area contributed by atoms with Crippen LogP contribution in [0.25, 0.3) is 0 Å². The van der Waals surface area contributed by atoms with Crippen LogP contribution in [0, 0.1) is 0 Å². The summed E-state index contributed by atoms with van der Waals surface area (Å²) in [6.45, 7) is 1.94. The highest BCUT2D eigenvalue weighted by molar-refractivity contribution is 5.85. The summed E-state index contributed by atoms with van der Waals surface area (Å²) < 4.78 is 4.85. The highest BCUT2D eigenvalue weighted by Crippen LogP contribution is 2.13. The Morgan fingerprint density at radius 2 is 1.90 bits per heavy atom. The van der Waals surface area contributed by atoms with Gasteiger partial charge in [-0.3, -0.25) is 4.79 Å². The molecule has 21 heavy (non-hydrogen) atoms. The fourth-order valence-corrected chi connectivity index (χ4v) is 1.71. The number of aliphatic hydroxyl groups excluding tert-OH is 1. The minimum absolute atomic E-state index is 0.111. The van der Waals surface area contributed by atoms with Crippen LogP contribution in [0.15, 0.2) is 42.2 Å². The van der Waals surface area contributed by atoms with Crippen molar-refractivity contribution >= 4 is 17.6 Å². The molecule has 0 bridgehead atoms. The second kappa shape index (κ2) is 8.63. The number of aliphatic hydroxyl groups is 1. The van der Waals surface area contributed by atoms with Crippen LogP contribution in [0.2, 0.25) is 0 Å². The van der Waals surface area contributed by atoms with Crippen molar-refractivity contribution in [1.82, 2.24) is 0 Å². The SMILES string of the molecule is CC=C(O)C(=O)OCCCN(CC(=O)O)c1ccccc1. The molecule has 0 aliphatic carbocycles. The zero-order valence-corrected chi connectivity index (χ0v) is 11.9. The number of benzene rings is 1. The van der Waals surface area contributed by atoms with Crippen molar-refractivity contribution in [2.75, 3.05) is 24.6 Å². The van der Waals surface area contributed by atoms with Gasteiger partial charge in [0, 0.05) is 12.2 Å². The molecule has 6 nitrogen and oxygen atoms in total. The number of carboxylic acid groups (broad SMARTS) is 1. The molecule has 0 heterocycles. The second-order valence-electron chi connectivity index (χ2n) is 4.31. The number of para-hydroxylation sites is 1. The topological polar surface area (TPSA) is 87.1 Å². The predicted molar refractivity (Wildman–Crippen MR) is 78.3 cm³/mol. The van der Waals surface area contributed by atoms with Crippen molar-refractivity contribution in [3.8, 4) is 0 Å². The van der Waals surface area contributed by atoms with E-state index in [-0.39, 0.29) is 13.2 Å². The van der Waals surface area contributed by atoms with Crippen molar-refractivity contribution in [2.24, 2.45) is 0 Å². The molecule has 0 amide bonds. The van der Waals surface area contributed by atoms with Gasteiger partial charge in [0.15, 0.2) is 5.76 Å². The van der Waals surface area contributed by atoms with E-state index < -0.39 is 17.7 Å². The van der Waals surface area contributed by atoms with Crippen LogP contribution in [0.5, 0.6) is 0 Å². The number of ether oxygens (including phenoxy) is 1. The Bertz CT molecular complexity index is 498. The number of carbonyl (C=O) groups is 2. The number of esters is 1. The molecule has 0 aromatic heterocycles. The molecule has 0 aliphatic rings. The molecule has 0 spiro atoms. The van der Waals surface area contributed by atoms with Gasteiger partial charge in [-0.25, -0.2) is 4.79 Å². The lowest BCUT2D eigenvalue weighted by molar-refractivity contribution is -0.142. The molecule has 0 fully saturated rings. The van der Waals surface area contributed by atoms with Crippen LogP contribution in [0.3, 0.4) is 0 Å². The van der Waals surface area contributed by atoms with Crippen molar-refractivity contribution < 1.29 is 24.5 Å². The van der Waals surface area contributed by atoms with E-state index in [1.54, 1.807) is 4.90 Å². The quantitative estimate of drug-likeness (QED) is 0.330. The molecular weight excluding hydrogens is 274 g/mol. The Labute approximate surface area is 123 Å². The molecule has 6 heteroatoms. The first-order valence-corrected chi connectivity index (χ1v) is 6.58. The number of aliphatic carboxylic acids is 1. The normalized spacial score (nSPS) is 11.0. The van der Waals surface area contributed by atoms with Gasteiger partial charge in [0.05, 0.1) is 6.61 Å². The number of anilines is 1. The Balaban J connectivity index is 2.48. The van der Waals surface area contributed by atoms with Crippen LogP contribution < -0.4 is 4.90 Å². The summed E-state index contributed by atoms with van der Waals surface area (Å²) in [5.41, 5.74) is 0.794. The van der Waals surface area contributed by atoms with Crippen LogP contribution in [0.1, 0.15) is 13.3 Å². The predicted octanol–water partition coefficient (Wildman–Crippen LogP) is 1.97. The number of nitrogens with zero attached hydrogens (tertiary/aromatic N) is 1. The number of rotatable bonds is 8. The molecule has 1 rings (SSSR count). The van der Waals surface area contributed by atoms with E-state index in [1.165, 1.54) is 13.0 Å². The number of allylic oxidation sites excluding steroid dienone is 1. The minimum Gasteiger partial charge on any atom is -0.502 e.